The van der Waals surface area contributed by atoms with Crippen molar-refractivity contribution in [2.75, 3.05) is 20.3 Å². The summed E-state index contributed by atoms with van der Waals surface area (Å²) in [6.07, 6.45) is 0. The first kappa shape index (κ1) is 27.5. The first-order valence-corrected chi connectivity index (χ1v) is 13.0. The fraction of sp³-hybridized carbons (Fsp3) is 0.250. The minimum atomic E-state index is -0.577. The van der Waals surface area contributed by atoms with Crippen LogP contribution >= 0.6 is 11.8 Å². The molecule has 11 heteroatoms. The predicted molar refractivity (Wildman–Crippen MR) is 146 cm³/mol. The van der Waals surface area contributed by atoms with E-state index in [9.17, 15) is 15.4 Å². The van der Waals surface area contributed by atoms with Crippen LogP contribution in [0.2, 0.25) is 0 Å². The third-order valence-electron chi connectivity index (χ3n) is 5.84. The summed E-state index contributed by atoms with van der Waals surface area (Å²) >= 11 is 1.25. The van der Waals surface area contributed by atoms with Crippen LogP contribution < -0.4 is 14.2 Å². The molecule has 4 rings (SSSR count). The fourth-order valence-corrected chi connectivity index (χ4v) is 5.13. The monoisotopic (exact) mass is 545 g/mol. The molecule has 0 aliphatic heterocycles. The number of ether oxygens (including phenoxy) is 3. The second-order valence-corrected chi connectivity index (χ2v) is 9.55. The average Bonchev–Trinajstić information content (AvgIpc) is 3.31. The van der Waals surface area contributed by atoms with E-state index < -0.39 is 5.25 Å². The predicted octanol–water partition coefficient (Wildman–Crippen LogP) is 5.54. The van der Waals surface area contributed by atoms with Crippen molar-refractivity contribution in [3.8, 4) is 29.0 Å². The molecule has 0 saturated heterocycles. The molecule has 1 atom stereocenters. The van der Waals surface area contributed by atoms with Gasteiger partial charge >= 0.3 is 0 Å². The summed E-state index contributed by atoms with van der Waals surface area (Å²) in [4.78, 5) is 11.3. The van der Waals surface area contributed by atoms with Crippen molar-refractivity contribution >= 4 is 11.8 Å². The third kappa shape index (κ3) is 6.66. The number of thioether (sulfide) groups is 1. The number of aromatic nitrogens is 3. The van der Waals surface area contributed by atoms with Gasteiger partial charge in [0, 0.05) is 16.2 Å². The number of benzene rings is 3. The first-order chi connectivity index (χ1) is 18.9. The molecule has 0 spiro atoms. The third-order valence-corrected chi connectivity index (χ3v) is 7.02. The van der Waals surface area contributed by atoms with Gasteiger partial charge in [0.1, 0.15) is 23.4 Å². The molecule has 0 fully saturated rings. The molecule has 3 aromatic carbocycles. The van der Waals surface area contributed by atoms with E-state index >= 15 is 0 Å². The van der Waals surface area contributed by atoms with Gasteiger partial charge < -0.3 is 14.2 Å². The van der Waals surface area contributed by atoms with E-state index in [4.69, 9.17) is 14.2 Å². The number of nitriles is 1. The van der Waals surface area contributed by atoms with Gasteiger partial charge in [0.25, 0.3) is 0 Å². The van der Waals surface area contributed by atoms with E-state index in [1.54, 1.807) is 30.3 Å². The lowest BCUT2D eigenvalue weighted by Crippen LogP contribution is -2.11. The van der Waals surface area contributed by atoms with E-state index in [2.05, 4.69) is 16.3 Å². The van der Waals surface area contributed by atoms with E-state index in [0.29, 0.717) is 40.2 Å². The molecule has 0 aliphatic rings. The Morgan fingerprint density at radius 3 is 2.54 bits per heavy atom. The Morgan fingerprint density at radius 1 is 1.08 bits per heavy atom. The summed E-state index contributed by atoms with van der Waals surface area (Å²) in [6, 6.07) is 22.1. The SMILES string of the molecule is CCOc1ccc(-n2c(C)nnc2S[C@H](C[N+](=O)[O-])c2ccc(OCc3ccccc3C#N)c(OC)c2)cc1. The highest BCUT2D eigenvalue weighted by atomic mass is 32.2. The van der Waals surface area contributed by atoms with E-state index in [1.165, 1.54) is 18.9 Å². The standard InChI is InChI=1S/C28H27N5O5S/c1-4-37-24-12-10-23(11-13-24)33-19(2)30-31-28(33)39-27(17-32(34)35)20-9-14-25(26(15-20)36-3)38-18-22-8-6-5-7-21(22)16-29/h5-15,27H,4,17-18H2,1-3H3/t27-/m1/s1. The number of hydrogen-bond acceptors (Lipinski definition) is 9. The highest BCUT2D eigenvalue weighted by molar-refractivity contribution is 7.99. The van der Waals surface area contributed by atoms with E-state index in [-0.39, 0.29) is 18.1 Å². The zero-order chi connectivity index (χ0) is 27.8. The molecular formula is C28H27N5O5S. The van der Waals surface area contributed by atoms with Crippen molar-refractivity contribution in [3.63, 3.8) is 0 Å². The lowest BCUT2D eigenvalue weighted by molar-refractivity contribution is -0.479. The highest BCUT2D eigenvalue weighted by Gasteiger charge is 2.25. The van der Waals surface area contributed by atoms with Crippen molar-refractivity contribution in [2.45, 2.75) is 30.9 Å². The Morgan fingerprint density at radius 2 is 1.85 bits per heavy atom. The topological polar surface area (TPSA) is 125 Å². The maximum atomic E-state index is 11.6. The van der Waals surface area contributed by atoms with Gasteiger partial charge in [-0.3, -0.25) is 14.7 Å². The van der Waals surface area contributed by atoms with Gasteiger partial charge in [-0.15, -0.1) is 10.2 Å². The normalized spacial score (nSPS) is 11.4. The van der Waals surface area contributed by atoms with Crippen LogP contribution in [0.25, 0.3) is 5.69 Å². The fourth-order valence-electron chi connectivity index (χ4n) is 3.96. The molecule has 0 saturated carbocycles. The quantitative estimate of drug-likeness (QED) is 0.128. The smallest absolute Gasteiger partial charge is 0.220 e. The molecular weight excluding hydrogens is 518 g/mol. The Labute approximate surface area is 230 Å². The largest absolute Gasteiger partial charge is 0.494 e. The van der Waals surface area contributed by atoms with Crippen LogP contribution in [0.4, 0.5) is 0 Å². The molecule has 10 nitrogen and oxygen atoms in total. The lowest BCUT2D eigenvalue weighted by Gasteiger charge is -2.17. The van der Waals surface area contributed by atoms with Crippen molar-refractivity contribution < 1.29 is 19.1 Å². The second kappa shape index (κ2) is 12.8. The Bertz CT molecular complexity index is 1480. The number of methoxy groups -OCH3 is 1. The van der Waals surface area contributed by atoms with Crippen LogP contribution in [0.15, 0.2) is 71.9 Å². The van der Waals surface area contributed by atoms with Crippen molar-refractivity contribution in [2.24, 2.45) is 0 Å². The number of rotatable bonds is 12. The van der Waals surface area contributed by atoms with Gasteiger partial charge in [-0.05, 0) is 61.9 Å². The number of aryl methyl sites for hydroxylation is 1. The van der Waals surface area contributed by atoms with Crippen LogP contribution in [0.1, 0.15) is 34.7 Å². The van der Waals surface area contributed by atoms with Crippen molar-refractivity contribution in [3.05, 3.63) is 99.4 Å². The summed E-state index contributed by atoms with van der Waals surface area (Å²) in [7, 11) is 1.51. The van der Waals surface area contributed by atoms with Crippen LogP contribution in [-0.4, -0.2) is 39.9 Å². The molecule has 0 bridgehead atoms. The molecule has 39 heavy (non-hydrogen) atoms. The molecule has 1 heterocycles. The lowest BCUT2D eigenvalue weighted by atomic mass is 10.1. The Kier molecular flexibility index (Phi) is 9.01. The van der Waals surface area contributed by atoms with E-state index in [1.807, 2.05) is 54.8 Å². The maximum absolute atomic E-state index is 11.6. The number of nitrogens with zero attached hydrogens (tertiary/aromatic N) is 5. The summed E-state index contributed by atoms with van der Waals surface area (Å²) in [5.74, 6) is 2.30. The second-order valence-electron chi connectivity index (χ2n) is 8.38. The van der Waals surface area contributed by atoms with Crippen LogP contribution in [-0.2, 0) is 6.61 Å². The summed E-state index contributed by atoms with van der Waals surface area (Å²) in [5.41, 5.74) is 2.78. The van der Waals surface area contributed by atoms with Crippen LogP contribution in [0.5, 0.6) is 17.2 Å². The summed E-state index contributed by atoms with van der Waals surface area (Å²) in [6.45, 7) is 4.16. The molecule has 0 N–H and O–H groups in total. The van der Waals surface area contributed by atoms with Gasteiger partial charge in [0.15, 0.2) is 16.7 Å². The minimum absolute atomic E-state index is 0.178. The zero-order valence-electron chi connectivity index (χ0n) is 21.7. The number of nitro groups is 1. The van der Waals surface area contributed by atoms with Gasteiger partial charge in [0.2, 0.25) is 6.54 Å². The molecule has 0 aliphatic carbocycles. The Hall–Kier alpha value is -4.56. The average molecular weight is 546 g/mol. The minimum Gasteiger partial charge on any atom is -0.494 e. The van der Waals surface area contributed by atoms with Crippen LogP contribution in [0, 0.1) is 28.4 Å². The van der Waals surface area contributed by atoms with Gasteiger partial charge in [-0.2, -0.15) is 5.26 Å². The summed E-state index contributed by atoms with van der Waals surface area (Å²) in [5, 5.41) is 29.4. The molecule has 1 aromatic heterocycles. The maximum Gasteiger partial charge on any atom is 0.220 e. The molecule has 200 valence electrons. The molecule has 4 aromatic rings. The zero-order valence-corrected chi connectivity index (χ0v) is 22.6. The Balaban J connectivity index is 1.60. The summed E-state index contributed by atoms with van der Waals surface area (Å²) < 4.78 is 18.9. The molecule has 0 radical (unpaired) electrons. The first-order valence-electron chi connectivity index (χ1n) is 12.2. The van der Waals surface area contributed by atoms with E-state index in [0.717, 1.165) is 17.0 Å². The highest BCUT2D eigenvalue weighted by Crippen LogP contribution is 2.39. The van der Waals surface area contributed by atoms with Gasteiger partial charge in [0.05, 0.1) is 25.3 Å². The van der Waals surface area contributed by atoms with Crippen molar-refractivity contribution in [1.29, 1.82) is 5.26 Å². The van der Waals surface area contributed by atoms with Gasteiger partial charge in [-0.25, -0.2) is 0 Å². The number of hydrogen-bond donors (Lipinski definition) is 0. The van der Waals surface area contributed by atoms with Gasteiger partial charge in [-0.1, -0.05) is 36.0 Å². The molecule has 0 unspecified atom stereocenters. The van der Waals surface area contributed by atoms with Crippen molar-refractivity contribution in [1.82, 2.24) is 14.8 Å². The molecule has 0 amide bonds. The van der Waals surface area contributed by atoms with Crippen LogP contribution in [0.3, 0.4) is 0 Å².